The number of hydrogen-bond acceptors (Lipinski definition) is 2. The van der Waals surface area contributed by atoms with E-state index in [-0.39, 0.29) is 0 Å². The first kappa shape index (κ1) is 12.7. The minimum Gasteiger partial charge on any atom is -0.345 e. The van der Waals surface area contributed by atoms with Crippen molar-refractivity contribution in [3.05, 3.63) is 54.5 Å². The van der Waals surface area contributed by atoms with Crippen LogP contribution in [0.5, 0.6) is 0 Å². The van der Waals surface area contributed by atoms with E-state index in [2.05, 4.69) is 45.4 Å². The minimum absolute atomic E-state index is 0.746. The zero-order valence-corrected chi connectivity index (χ0v) is 12.1. The third kappa shape index (κ3) is 2.72. The van der Waals surface area contributed by atoms with Crippen LogP contribution < -0.4 is 5.32 Å². The molecule has 2 heterocycles. The van der Waals surface area contributed by atoms with Crippen LogP contribution in [-0.4, -0.2) is 20.4 Å². The number of para-hydroxylation sites is 1. The zero-order chi connectivity index (χ0) is 14.1. The summed E-state index contributed by atoms with van der Waals surface area (Å²) in [6.07, 6.45) is 8.80. The molecule has 4 heteroatoms. The molecule has 21 heavy (non-hydrogen) atoms. The maximum atomic E-state index is 4.28. The van der Waals surface area contributed by atoms with Crippen LogP contribution >= 0.6 is 0 Å². The van der Waals surface area contributed by atoms with Gasteiger partial charge in [-0.05, 0) is 30.5 Å². The molecule has 1 saturated carbocycles. The average Bonchev–Trinajstić information content (AvgIpc) is 3.08. The molecule has 2 aromatic heterocycles. The number of nitrogens with one attached hydrogen (secondary N) is 1. The molecule has 0 spiro atoms. The molecule has 3 aromatic rings. The van der Waals surface area contributed by atoms with E-state index >= 15 is 0 Å². The lowest BCUT2D eigenvalue weighted by Crippen LogP contribution is -2.15. The van der Waals surface area contributed by atoms with E-state index in [0.29, 0.717) is 0 Å². The van der Waals surface area contributed by atoms with Crippen LogP contribution in [0.25, 0.3) is 10.9 Å². The Kier molecular flexibility index (Phi) is 3.24. The van der Waals surface area contributed by atoms with Crippen molar-refractivity contribution < 1.29 is 0 Å². The molecule has 0 unspecified atom stereocenters. The number of hydrogen-bond donors (Lipinski definition) is 1. The number of aryl methyl sites for hydroxylation is 2. The van der Waals surface area contributed by atoms with Crippen molar-refractivity contribution in [3.8, 4) is 0 Å². The van der Waals surface area contributed by atoms with Crippen molar-refractivity contribution in [1.82, 2.24) is 19.7 Å². The number of rotatable bonds is 6. The van der Waals surface area contributed by atoms with Gasteiger partial charge in [-0.1, -0.05) is 18.2 Å². The maximum absolute atomic E-state index is 4.28. The Labute approximate surface area is 124 Å². The highest BCUT2D eigenvalue weighted by Crippen LogP contribution is 2.24. The third-order valence-corrected chi connectivity index (χ3v) is 4.16. The standard InChI is InChI=1S/C17H20N4/c1-2-5-17-16(4-1)14(12-18-15-6-7-15)13-20(17)10-11-21-9-3-8-19-21/h1-5,8-9,13,15,18H,6-7,10-12H2. The molecule has 1 fully saturated rings. The second-order valence-electron chi connectivity index (χ2n) is 5.79. The topological polar surface area (TPSA) is 34.8 Å². The van der Waals surface area contributed by atoms with Crippen LogP contribution in [0.3, 0.4) is 0 Å². The SMILES string of the molecule is c1ccc2c(c1)c(CNC1CC1)cn2CCn1cccn1. The number of aromatic nitrogens is 3. The normalized spacial score (nSPS) is 14.9. The second kappa shape index (κ2) is 5.37. The van der Waals surface area contributed by atoms with E-state index < -0.39 is 0 Å². The molecule has 108 valence electrons. The fourth-order valence-corrected chi connectivity index (χ4v) is 2.83. The molecule has 0 atom stereocenters. The Morgan fingerprint density at radius 2 is 2.05 bits per heavy atom. The lowest BCUT2D eigenvalue weighted by Gasteiger charge is -2.05. The van der Waals surface area contributed by atoms with Crippen molar-refractivity contribution in [2.75, 3.05) is 0 Å². The lowest BCUT2D eigenvalue weighted by atomic mass is 10.2. The Balaban J connectivity index is 1.58. The van der Waals surface area contributed by atoms with Crippen molar-refractivity contribution >= 4 is 10.9 Å². The summed E-state index contributed by atoms with van der Waals surface area (Å²) >= 11 is 0. The first-order valence-electron chi connectivity index (χ1n) is 7.68. The number of nitrogens with zero attached hydrogens (tertiary/aromatic N) is 3. The molecular weight excluding hydrogens is 260 g/mol. The fraction of sp³-hybridized carbons (Fsp3) is 0.353. The summed E-state index contributed by atoms with van der Waals surface area (Å²) in [7, 11) is 0. The molecule has 0 aliphatic heterocycles. The Hall–Kier alpha value is -2.07. The van der Waals surface area contributed by atoms with E-state index in [1.54, 1.807) is 0 Å². The fourth-order valence-electron chi connectivity index (χ4n) is 2.83. The summed E-state index contributed by atoms with van der Waals surface area (Å²) in [6.45, 7) is 2.83. The van der Waals surface area contributed by atoms with Gasteiger partial charge in [-0.2, -0.15) is 5.10 Å². The van der Waals surface area contributed by atoms with Crippen LogP contribution in [0, 0.1) is 0 Å². The van der Waals surface area contributed by atoms with Gasteiger partial charge in [0.2, 0.25) is 0 Å². The highest BCUT2D eigenvalue weighted by molar-refractivity contribution is 5.83. The number of fused-ring (bicyclic) bond motifs is 1. The monoisotopic (exact) mass is 280 g/mol. The van der Waals surface area contributed by atoms with Gasteiger partial charge in [0.15, 0.2) is 0 Å². The molecule has 1 aromatic carbocycles. The average molecular weight is 280 g/mol. The van der Waals surface area contributed by atoms with Crippen molar-refractivity contribution in [1.29, 1.82) is 0 Å². The van der Waals surface area contributed by atoms with E-state index in [1.807, 2.05) is 23.1 Å². The van der Waals surface area contributed by atoms with Gasteiger partial charge in [-0.15, -0.1) is 0 Å². The quantitative estimate of drug-likeness (QED) is 0.753. The Bertz CT molecular complexity index is 722. The summed E-state index contributed by atoms with van der Waals surface area (Å²) < 4.78 is 4.33. The molecule has 0 saturated heterocycles. The summed E-state index contributed by atoms with van der Waals surface area (Å²) in [6, 6.07) is 11.4. The first-order valence-corrected chi connectivity index (χ1v) is 7.68. The maximum Gasteiger partial charge on any atom is 0.0588 e. The van der Waals surface area contributed by atoms with Crippen molar-refractivity contribution in [3.63, 3.8) is 0 Å². The predicted molar refractivity (Wildman–Crippen MR) is 84.0 cm³/mol. The highest BCUT2D eigenvalue weighted by atomic mass is 15.3. The van der Waals surface area contributed by atoms with Crippen LogP contribution in [0.1, 0.15) is 18.4 Å². The van der Waals surface area contributed by atoms with Gasteiger partial charge < -0.3 is 9.88 Å². The molecule has 1 N–H and O–H groups in total. The van der Waals surface area contributed by atoms with Crippen molar-refractivity contribution in [2.24, 2.45) is 0 Å². The van der Waals surface area contributed by atoms with Crippen LogP contribution in [-0.2, 0) is 19.6 Å². The molecule has 1 aliphatic rings. The van der Waals surface area contributed by atoms with Gasteiger partial charge in [0, 0.05) is 48.6 Å². The van der Waals surface area contributed by atoms with E-state index in [9.17, 15) is 0 Å². The van der Waals surface area contributed by atoms with Gasteiger partial charge in [0.1, 0.15) is 0 Å². The largest absolute Gasteiger partial charge is 0.345 e. The smallest absolute Gasteiger partial charge is 0.0588 e. The summed E-state index contributed by atoms with van der Waals surface area (Å²) in [5, 5.41) is 9.26. The predicted octanol–water partition coefficient (Wildman–Crippen LogP) is 2.79. The summed E-state index contributed by atoms with van der Waals surface area (Å²) in [4.78, 5) is 0. The van der Waals surface area contributed by atoms with E-state index in [4.69, 9.17) is 0 Å². The zero-order valence-electron chi connectivity index (χ0n) is 12.1. The molecule has 1 aliphatic carbocycles. The van der Waals surface area contributed by atoms with Crippen LogP contribution in [0.2, 0.25) is 0 Å². The molecule has 0 radical (unpaired) electrons. The van der Waals surface area contributed by atoms with Crippen molar-refractivity contribution in [2.45, 2.75) is 38.5 Å². The molecule has 0 amide bonds. The van der Waals surface area contributed by atoms with E-state index in [0.717, 1.165) is 25.7 Å². The van der Waals surface area contributed by atoms with Gasteiger partial charge in [0.25, 0.3) is 0 Å². The second-order valence-corrected chi connectivity index (χ2v) is 5.79. The van der Waals surface area contributed by atoms with Crippen LogP contribution in [0.15, 0.2) is 48.9 Å². The first-order chi connectivity index (χ1) is 10.4. The van der Waals surface area contributed by atoms with Gasteiger partial charge in [-0.3, -0.25) is 4.68 Å². The Morgan fingerprint density at radius 1 is 1.14 bits per heavy atom. The van der Waals surface area contributed by atoms with Gasteiger partial charge in [0.05, 0.1) is 6.54 Å². The summed E-state index contributed by atoms with van der Waals surface area (Å²) in [5.41, 5.74) is 2.72. The minimum atomic E-state index is 0.746. The highest BCUT2D eigenvalue weighted by Gasteiger charge is 2.20. The van der Waals surface area contributed by atoms with Gasteiger partial charge >= 0.3 is 0 Å². The van der Waals surface area contributed by atoms with Crippen LogP contribution in [0.4, 0.5) is 0 Å². The third-order valence-electron chi connectivity index (χ3n) is 4.16. The number of benzene rings is 1. The lowest BCUT2D eigenvalue weighted by molar-refractivity contribution is 0.541. The summed E-state index contributed by atoms with van der Waals surface area (Å²) in [5.74, 6) is 0. The van der Waals surface area contributed by atoms with E-state index in [1.165, 1.54) is 29.3 Å². The molecule has 0 bridgehead atoms. The Morgan fingerprint density at radius 3 is 2.86 bits per heavy atom. The molecule has 4 nitrogen and oxygen atoms in total. The molecule has 4 rings (SSSR count). The van der Waals surface area contributed by atoms with Gasteiger partial charge in [-0.25, -0.2) is 0 Å². The molecular formula is C17H20N4.